The molecule has 2 rings (SSSR count). The van der Waals surface area contributed by atoms with Gasteiger partial charge in [0.25, 0.3) is 0 Å². The first-order chi connectivity index (χ1) is 10.7. The van der Waals surface area contributed by atoms with E-state index in [2.05, 4.69) is 10.5 Å². The van der Waals surface area contributed by atoms with Gasteiger partial charge in [-0.25, -0.2) is 8.42 Å². The summed E-state index contributed by atoms with van der Waals surface area (Å²) in [4.78, 5) is 10.3. The molecule has 0 saturated carbocycles. The summed E-state index contributed by atoms with van der Waals surface area (Å²) < 4.78 is 28.5. The Morgan fingerprint density at radius 2 is 2.04 bits per heavy atom. The van der Waals surface area contributed by atoms with E-state index in [0.717, 1.165) is 17.5 Å². The minimum Gasteiger partial charge on any atom is -0.379 e. The first kappa shape index (κ1) is 16.9. The van der Waals surface area contributed by atoms with Gasteiger partial charge in [0, 0.05) is 18.4 Å². The highest BCUT2D eigenvalue weighted by molar-refractivity contribution is 7.90. The second-order valence-electron chi connectivity index (χ2n) is 5.16. The van der Waals surface area contributed by atoms with Crippen LogP contribution in [0.1, 0.15) is 17.0 Å². The van der Waals surface area contributed by atoms with Crippen LogP contribution in [0.4, 0.5) is 11.4 Å². The lowest BCUT2D eigenvalue weighted by Gasteiger charge is -2.09. The summed E-state index contributed by atoms with van der Waals surface area (Å²) >= 11 is 0. The molecule has 1 aromatic carbocycles. The van der Waals surface area contributed by atoms with Crippen LogP contribution in [0.3, 0.4) is 0 Å². The molecule has 0 unspecified atom stereocenters. The van der Waals surface area contributed by atoms with Crippen molar-refractivity contribution in [3.63, 3.8) is 0 Å². The van der Waals surface area contributed by atoms with Gasteiger partial charge in [0.15, 0.2) is 9.84 Å². The fraction of sp³-hybridized carbons (Fsp3) is 0.357. The summed E-state index contributed by atoms with van der Waals surface area (Å²) in [6, 6.07) is 4.19. The predicted molar refractivity (Wildman–Crippen MR) is 84.4 cm³/mol. The van der Waals surface area contributed by atoms with Crippen LogP contribution in [-0.4, -0.2) is 31.3 Å². The zero-order valence-electron chi connectivity index (χ0n) is 13.0. The Labute approximate surface area is 133 Å². The number of aromatic nitrogens is 1. The second-order valence-corrected chi connectivity index (χ2v) is 7.15. The first-order valence-electron chi connectivity index (χ1n) is 6.85. The highest BCUT2D eigenvalue weighted by Crippen LogP contribution is 2.31. The largest absolute Gasteiger partial charge is 0.379 e. The molecule has 8 nitrogen and oxygen atoms in total. The molecule has 0 fully saturated rings. The first-order valence-corrected chi connectivity index (χ1v) is 8.74. The SMILES string of the molecule is Cc1noc(C)c1CCNc1cccc(S(C)(=O)=O)c1[N+](=O)[O-]. The van der Waals surface area contributed by atoms with Crippen LogP contribution in [0, 0.1) is 24.0 Å². The van der Waals surface area contributed by atoms with E-state index in [-0.39, 0.29) is 10.6 Å². The summed E-state index contributed by atoms with van der Waals surface area (Å²) in [6.07, 6.45) is 1.50. The Morgan fingerprint density at radius 3 is 2.57 bits per heavy atom. The van der Waals surface area contributed by atoms with Gasteiger partial charge in [-0.15, -0.1) is 0 Å². The van der Waals surface area contributed by atoms with Crippen LogP contribution in [0.2, 0.25) is 0 Å². The Kier molecular flexibility index (Phi) is 4.69. The number of benzene rings is 1. The van der Waals surface area contributed by atoms with Crippen LogP contribution in [0.5, 0.6) is 0 Å². The molecule has 1 aromatic heterocycles. The van der Waals surface area contributed by atoms with E-state index >= 15 is 0 Å². The van der Waals surface area contributed by atoms with Crippen LogP contribution in [0.25, 0.3) is 0 Å². The van der Waals surface area contributed by atoms with E-state index < -0.39 is 20.4 Å². The zero-order chi connectivity index (χ0) is 17.2. The van der Waals surface area contributed by atoms with Crippen LogP contribution < -0.4 is 5.32 Å². The number of nitrogens with zero attached hydrogens (tertiary/aromatic N) is 2. The van der Waals surface area contributed by atoms with E-state index in [1.54, 1.807) is 6.92 Å². The minimum atomic E-state index is -3.69. The molecule has 0 amide bonds. The lowest BCUT2D eigenvalue weighted by Crippen LogP contribution is -2.10. The normalized spacial score (nSPS) is 11.4. The van der Waals surface area contributed by atoms with Gasteiger partial charge in [-0.3, -0.25) is 10.1 Å². The average Bonchev–Trinajstić information content (AvgIpc) is 2.77. The van der Waals surface area contributed by atoms with Gasteiger partial charge in [-0.1, -0.05) is 11.2 Å². The van der Waals surface area contributed by atoms with Crippen molar-refractivity contribution >= 4 is 21.2 Å². The number of nitro benzene ring substituents is 1. The Balaban J connectivity index is 2.25. The Morgan fingerprint density at radius 1 is 1.35 bits per heavy atom. The van der Waals surface area contributed by atoms with Gasteiger partial charge in [0.05, 0.1) is 10.6 Å². The van der Waals surface area contributed by atoms with Crippen molar-refractivity contribution < 1.29 is 17.9 Å². The van der Waals surface area contributed by atoms with Crippen LogP contribution in [-0.2, 0) is 16.3 Å². The maximum atomic E-state index is 11.7. The number of rotatable bonds is 6. The molecule has 0 atom stereocenters. The molecule has 0 aliphatic rings. The van der Waals surface area contributed by atoms with E-state index in [4.69, 9.17) is 4.52 Å². The number of nitrogens with one attached hydrogen (secondary N) is 1. The maximum Gasteiger partial charge on any atom is 0.310 e. The quantitative estimate of drug-likeness (QED) is 0.634. The third-order valence-corrected chi connectivity index (χ3v) is 4.58. The van der Waals surface area contributed by atoms with Gasteiger partial charge in [-0.2, -0.15) is 0 Å². The van der Waals surface area contributed by atoms with E-state index in [9.17, 15) is 18.5 Å². The molecule has 23 heavy (non-hydrogen) atoms. The zero-order valence-corrected chi connectivity index (χ0v) is 13.8. The summed E-state index contributed by atoms with van der Waals surface area (Å²) in [7, 11) is -3.69. The van der Waals surface area contributed by atoms with Crippen molar-refractivity contribution in [1.82, 2.24) is 5.16 Å². The number of anilines is 1. The van der Waals surface area contributed by atoms with Crippen LogP contribution >= 0.6 is 0 Å². The molecular weight excluding hydrogens is 322 g/mol. The van der Waals surface area contributed by atoms with Gasteiger partial charge in [-0.05, 0) is 32.4 Å². The maximum absolute atomic E-state index is 11.7. The van der Waals surface area contributed by atoms with Crippen molar-refractivity contribution in [3.05, 3.63) is 45.3 Å². The molecule has 124 valence electrons. The molecule has 2 aromatic rings. The second kappa shape index (κ2) is 6.37. The van der Waals surface area contributed by atoms with Crippen molar-refractivity contribution in [3.8, 4) is 0 Å². The molecular formula is C14H17N3O5S. The number of aryl methyl sites for hydroxylation is 2. The molecule has 0 aliphatic carbocycles. The van der Waals surface area contributed by atoms with Gasteiger partial charge < -0.3 is 9.84 Å². The summed E-state index contributed by atoms with van der Waals surface area (Å²) in [6.45, 7) is 4.00. The highest BCUT2D eigenvalue weighted by atomic mass is 32.2. The van der Waals surface area contributed by atoms with Crippen molar-refractivity contribution in [2.75, 3.05) is 18.1 Å². The average molecular weight is 339 g/mol. The Bertz CT molecular complexity index is 823. The van der Waals surface area contributed by atoms with Crippen molar-refractivity contribution in [2.45, 2.75) is 25.2 Å². The molecule has 0 spiro atoms. The van der Waals surface area contributed by atoms with Gasteiger partial charge >= 0.3 is 5.69 Å². The van der Waals surface area contributed by atoms with E-state index in [1.807, 2.05) is 6.92 Å². The predicted octanol–water partition coefficient (Wildman–Crippen LogP) is 2.26. The molecule has 0 aliphatic heterocycles. The standard InChI is InChI=1S/C14H17N3O5S/c1-9-11(10(2)22-16-9)7-8-15-12-5-4-6-13(23(3,20)21)14(12)17(18)19/h4-6,15H,7-8H2,1-3H3. The van der Waals surface area contributed by atoms with E-state index in [1.165, 1.54) is 18.2 Å². The molecule has 0 bridgehead atoms. The molecule has 1 heterocycles. The van der Waals surface area contributed by atoms with Crippen molar-refractivity contribution in [1.29, 1.82) is 0 Å². The Hall–Kier alpha value is -2.42. The topological polar surface area (TPSA) is 115 Å². The monoisotopic (exact) mass is 339 g/mol. The lowest BCUT2D eigenvalue weighted by molar-refractivity contribution is -0.386. The third kappa shape index (κ3) is 3.67. The van der Waals surface area contributed by atoms with Gasteiger partial charge in [0.2, 0.25) is 0 Å². The minimum absolute atomic E-state index is 0.171. The number of hydrogen-bond donors (Lipinski definition) is 1. The van der Waals surface area contributed by atoms with Crippen molar-refractivity contribution in [2.24, 2.45) is 0 Å². The smallest absolute Gasteiger partial charge is 0.310 e. The number of sulfone groups is 1. The fourth-order valence-corrected chi connectivity index (χ4v) is 3.19. The third-order valence-electron chi connectivity index (χ3n) is 3.45. The van der Waals surface area contributed by atoms with Gasteiger partial charge in [0.1, 0.15) is 16.3 Å². The lowest BCUT2D eigenvalue weighted by atomic mass is 10.1. The summed E-state index contributed by atoms with van der Waals surface area (Å²) in [5.74, 6) is 0.698. The molecule has 1 N–H and O–H groups in total. The molecule has 9 heteroatoms. The highest BCUT2D eigenvalue weighted by Gasteiger charge is 2.25. The van der Waals surface area contributed by atoms with E-state index in [0.29, 0.717) is 18.7 Å². The summed E-state index contributed by atoms with van der Waals surface area (Å²) in [5.41, 5.74) is 1.43. The number of nitro groups is 1. The number of hydrogen-bond acceptors (Lipinski definition) is 7. The fourth-order valence-electron chi connectivity index (χ4n) is 2.33. The molecule has 0 radical (unpaired) electrons. The summed E-state index contributed by atoms with van der Waals surface area (Å²) in [5, 5.41) is 18.0. The molecule has 0 saturated heterocycles. The number of para-hydroxylation sites is 1. The van der Waals surface area contributed by atoms with Crippen LogP contribution in [0.15, 0.2) is 27.6 Å².